The summed E-state index contributed by atoms with van der Waals surface area (Å²) in [6.45, 7) is 8.58. The van der Waals surface area contributed by atoms with Gasteiger partial charge < -0.3 is 5.32 Å². The molecule has 0 radical (unpaired) electrons. The molecule has 0 bridgehead atoms. The van der Waals surface area contributed by atoms with Gasteiger partial charge in [-0.05, 0) is 19.8 Å². The molecule has 1 amide bonds. The van der Waals surface area contributed by atoms with Crippen molar-refractivity contribution in [3.8, 4) is 0 Å². The molecule has 1 N–H and O–H groups in total. The first kappa shape index (κ1) is 12.6. The van der Waals surface area contributed by atoms with Crippen LogP contribution in [0.2, 0.25) is 0 Å². The van der Waals surface area contributed by atoms with E-state index in [-0.39, 0.29) is 17.1 Å². The SMILES string of the molecule is CC(C)=CCNC(=O)C(S)C(C)C. The lowest BCUT2D eigenvalue weighted by Gasteiger charge is -2.13. The van der Waals surface area contributed by atoms with Crippen LogP contribution in [0.3, 0.4) is 0 Å². The Kier molecular flexibility index (Phi) is 5.88. The lowest BCUT2D eigenvalue weighted by atomic mass is 10.1. The molecule has 0 aliphatic rings. The van der Waals surface area contributed by atoms with Crippen molar-refractivity contribution < 1.29 is 4.79 Å². The first-order chi connectivity index (χ1) is 5.95. The minimum absolute atomic E-state index is 0.0100. The summed E-state index contributed by atoms with van der Waals surface area (Å²) >= 11 is 4.21. The minimum Gasteiger partial charge on any atom is -0.352 e. The predicted octanol–water partition coefficient (Wildman–Crippen LogP) is 2.02. The minimum atomic E-state index is -0.203. The molecule has 0 aromatic rings. The molecular weight excluding hydrogens is 182 g/mol. The Hall–Kier alpha value is -0.440. The van der Waals surface area contributed by atoms with Gasteiger partial charge in [-0.1, -0.05) is 25.5 Å². The number of rotatable bonds is 4. The summed E-state index contributed by atoms with van der Waals surface area (Å²) in [4.78, 5) is 11.3. The van der Waals surface area contributed by atoms with E-state index in [0.717, 1.165) is 0 Å². The van der Waals surface area contributed by atoms with Gasteiger partial charge in [-0.3, -0.25) is 4.79 Å². The number of carbonyl (C=O) groups excluding carboxylic acids is 1. The van der Waals surface area contributed by atoms with E-state index in [9.17, 15) is 4.79 Å². The number of amides is 1. The fourth-order valence-corrected chi connectivity index (χ4v) is 0.854. The fourth-order valence-electron chi connectivity index (χ4n) is 0.763. The van der Waals surface area contributed by atoms with E-state index in [2.05, 4.69) is 17.9 Å². The van der Waals surface area contributed by atoms with Crippen LogP contribution in [0.4, 0.5) is 0 Å². The average molecular weight is 201 g/mol. The van der Waals surface area contributed by atoms with Gasteiger partial charge in [-0.15, -0.1) is 0 Å². The summed E-state index contributed by atoms with van der Waals surface area (Å²) in [5.41, 5.74) is 1.21. The van der Waals surface area contributed by atoms with Gasteiger partial charge in [0.25, 0.3) is 0 Å². The Morgan fingerprint density at radius 3 is 2.38 bits per heavy atom. The van der Waals surface area contributed by atoms with Crippen LogP contribution in [-0.2, 0) is 4.79 Å². The normalized spacial score (nSPS) is 12.5. The average Bonchev–Trinajstić information content (AvgIpc) is 2.02. The van der Waals surface area contributed by atoms with Crippen LogP contribution in [0.1, 0.15) is 27.7 Å². The summed E-state index contributed by atoms with van der Waals surface area (Å²) in [5.74, 6) is 0.283. The van der Waals surface area contributed by atoms with E-state index in [1.807, 2.05) is 33.8 Å². The Balaban J connectivity index is 3.82. The van der Waals surface area contributed by atoms with Crippen LogP contribution in [0, 0.1) is 5.92 Å². The van der Waals surface area contributed by atoms with Gasteiger partial charge >= 0.3 is 0 Å². The molecule has 0 fully saturated rings. The zero-order valence-corrected chi connectivity index (χ0v) is 9.69. The molecule has 0 aliphatic heterocycles. The molecule has 0 heterocycles. The van der Waals surface area contributed by atoms with Gasteiger partial charge in [-0.25, -0.2) is 0 Å². The van der Waals surface area contributed by atoms with Crippen molar-refractivity contribution in [3.05, 3.63) is 11.6 Å². The third-order valence-corrected chi connectivity index (χ3v) is 2.52. The van der Waals surface area contributed by atoms with Crippen molar-refractivity contribution in [2.24, 2.45) is 5.92 Å². The summed E-state index contributed by atoms with van der Waals surface area (Å²) < 4.78 is 0. The van der Waals surface area contributed by atoms with Crippen LogP contribution in [0.5, 0.6) is 0 Å². The molecule has 0 aromatic carbocycles. The van der Waals surface area contributed by atoms with E-state index in [4.69, 9.17) is 0 Å². The van der Waals surface area contributed by atoms with E-state index < -0.39 is 0 Å². The van der Waals surface area contributed by atoms with Gasteiger partial charge in [0.1, 0.15) is 0 Å². The summed E-state index contributed by atoms with van der Waals surface area (Å²) in [7, 11) is 0. The number of hydrogen-bond acceptors (Lipinski definition) is 2. The van der Waals surface area contributed by atoms with Crippen molar-refractivity contribution in [2.75, 3.05) is 6.54 Å². The number of thiol groups is 1. The van der Waals surface area contributed by atoms with E-state index in [1.54, 1.807) is 0 Å². The Morgan fingerprint density at radius 1 is 1.46 bits per heavy atom. The quantitative estimate of drug-likeness (QED) is 0.529. The monoisotopic (exact) mass is 201 g/mol. The molecule has 2 nitrogen and oxygen atoms in total. The Bertz CT molecular complexity index is 195. The molecule has 0 saturated heterocycles. The van der Waals surface area contributed by atoms with Crippen LogP contribution in [0.15, 0.2) is 11.6 Å². The van der Waals surface area contributed by atoms with Crippen LogP contribution < -0.4 is 5.32 Å². The molecule has 1 unspecified atom stereocenters. The van der Waals surface area contributed by atoms with Gasteiger partial charge in [-0.2, -0.15) is 12.6 Å². The molecule has 0 aliphatic carbocycles. The van der Waals surface area contributed by atoms with Crippen molar-refractivity contribution in [2.45, 2.75) is 32.9 Å². The first-order valence-electron chi connectivity index (χ1n) is 4.54. The molecule has 0 rings (SSSR count). The lowest BCUT2D eigenvalue weighted by molar-refractivity contribution is -0.120. The van der Waals surface area contributed by atoms with Crippen LogP contribution in [-0.4, -0.2) is 17.7 Å². The molecule has 3 heteroatoms. The number of nitrogens with one attached hydrogen (secondary N) is 1. The zero-order chi connectivity index (χ0) is 10.4. The standard InChI is InChI=1S/C10H19NOS/c1-7(2)5-6-11-10(12)9(13)8(3)4/h5,8-9,13H,6H2,1-4H3,(H,11,12). The molecule has 76 valence electrons. The highest BCUT2D eigenvalue weighted by atomic mass is 32.1. The molecule has 0 aromatic heterocycles. The molecule has 13 heavy (non-hydrogen) atoms. The number of hydrogen-bond donors (Lipinski definition) is 2. The summed E-state index contributed by atoms with van der Waals surface area (Å²) in [5, 5.41) is 2.60. The van der Waals surface area contributed by atoms with Crippen LogP contribution >= 0.6 is 12.6 Å². The molecular formula is C10H19NOS. The summed E-state index contributed by atoms with van der Waals surface area (Å²) in [6.07, 6.45) is 1.98. The Morgan fingerprint density at radius 2 is 2.00 bits per heavy atom. The molecule has 0 spiro atoms. The summed E-state index contributed by atoms with van der Waals surface area (Å²) in [6, 6.07) is 0. The number of allylic oxidation sites excluding steroid dienone is 1. The van der Waals surface area contributed by atoms with Gasteiger partial charge in [0, 0.05) is 6.54 Å². The second-order valence-electron chi connectivity index (χ2n) is 3.72. The second kappa shape index (κ2) is 6.08. The smallest absolute Gasteiger partial charge is 0.233 e. The highest BCUT2D eigenvalue weighted by molar-refractivity contribution is 7.81. The first-order valence-corrected chi connectivity index (χ1v) is 5.06. The van der Waals surface area contributed by atoms with Crippen molar-refractivity contribution in [1.82, 2.24) is 5.32 Å². The maximum absolute atomic E-state index is 11.3. The molecule has 0 saturated carbocycles. The van der Waals surface area contributed by atoms with E-state index >= 15 is 0 Å². The topological polar surface area (TPSA) is 29.1 Å². The largest absolute Gasteiger partial charge is 0.352 e. The Labute approximate surface area is 86.2 Å². The third kappa shape index (κ3) is 5.75. The maximum Gasteiger partial charge on any atom is 0.233 e. The highest BCUT2D eigenvalue weighted by Gasteiger charge is 2.16. The van der Waals surface area contributed by atoms with Crippen molar-refractivity contribution >= 4 is 18.5 Å². The maximum atomic E-state index is 11.3. The second-order valence-corrected chi connectivity index (χ2v) is 4.27. The van der Waals surface area contributed by atoms with E-state index in [0.29, 0.717) is 6.54 Å². The van der Waals surface area contributed by atoms with Gasteiger partial charge in [0.2, 0.25) is 5.91 Å². The predicted molar refractivity (Wildman–Crippen MR) is 60.1 cm³/mol. The van der Waals surface area contributed by atoms with Crippen LogP contribution in [0.25, 0.3) is 0 Å². The lowest BCUT2D eigenvalue weighted by Crippen LogP contribution is -2.34. The highest BCUT2D eigenvalue weighted by Crippen LogP contribution is 2.08. The van der Waals surface area contributed by atoms with Crippen molar-refractivity contribution in [3.63, 3.8) is 0 Å². The van der Waals surface area contributed by atoms with Gasteiger partial charge in [0.05, 0.1) is 5.25 Å². The fraction of sp³-hybridized carbons (Fsp3) is 0.700. The zero-order valence-electron chi connectivity index (χ0n) is 8.79. The van der Waals surface area contributed by atoms with Crippen molar-refractivity contribution in [1.29, 1.82) is 0 Å². The van der Waals surface area contributed by atoms with E-state index in [1.165, 1.54) is 5.57 Å². The number of carbonyl (C=O) groups is 1. The van der Waals surface area contributed by atoms with Gasteiger partial charge in [0.15, 0.2) is 0 Å². The molecule has 1 atom stereocenters. The third-order valence-electron chi connectivity index (χ3n) is 1.69.